The lowest BCUT2D eigenvalue weighted by molar-refractivity contribution is -0.144. The van der Waals surface area contributed by atoms with Crippen molar-refractivity contribution in [2.45, 2.75) is 33.4 Å². The highest BCUT2D eigenvalue weighted by Gasteiger charge is 2.46. The van der Waals surface area contributed by atoms with Crippen molar-refractivity contribution in [3.05, 3.63) is 35.4 Å². The van der Waals surface area contributed by atoms with Crippen molar-refractivity contribution in [1.29, 1.82) is 0 Å². The van der Waals surface area contributed by atoms with Gasteiger partial charge in [0.2, 0.25) is 5.91 Å². The molecule has 0 spiro atoms. The summed E-state index contributed by atoms with van der Waals surface area (Å²) in [6.45, 7) is 7.70. The fraction of sp³-hybridized carbons (Fsp3) is 0.562. The summed E-state index contributed by atoms with van der Waals surface area (Å²) in [5.41, 5.74) is 2.42. The Kier molecular flexibility index (Phi) is 3.09. The minimum absolute atomic E-state index is 0.192. The maximum absolute atomic E-state index is 13.0. The summed E-state index contributed by atoms with van der Waals surface area (Å²) < 4.78 is 0. The average molecular weight is 258 g/mol. The molecule has 1 aromatic rings. The Balaban J connectivity index is 1.82. The standard InChI is InChI=1S/C16H22N2O/c1-12(2)16(7-8-17-11-16)15(19)18-9-13-5-3-4-6-14(13)10-18/h3-6,12,17H,7-11H2,1-2H3. The third kappa shape index (κ3) is 1.96. The molecule has 19 heavy (non-hydrogen) atoms. The second-order valence-corrected chi connectivity index (χ2v) is 6.17. The van der Waals surface area contributed by atoms with Crippen molar-refractivity contribution in [2.75, 3.05) is 13.1 Å². The molecule has 1 amide bonds. The Labute approximate surface area is 115 Å². The number of nitrogens with one attached hydrogen (secondary N) is 1. The molecule has 3 heteroatoms. The number of benzene rings is 1. The topological polar surface area (TPSA) is 32.3 Å². The molecular formula is C16H22N2O. The molecule has 2 heterocycles. The van der Waals surface area contributed by atoms with Crippen LogP contribution in [0.5, 0.6) is 0 Å². The van der Waals surface area contributed by atoms with Crippen LogP contribution in [-0.4, -0.2) is 23.9 Å². The highest BCUT2D eigenvalue weighted by atomic mass is 16.2. The first-order valence-electron chi connectivity index (χ1n) is 7.20. The Morgan fingerprint density at radius 2 is 1.89 bits per heavy atom. The summed E-state index contributed by atoms with van der Waals surface area (Å²) in [4.78, 5) is 15.0. The SMILES string of the molecule is CC(C)C1(C(=O)N2Cc3ccccc3C2)CCNC1. The first-order valence-corrected chi connectivity index (χ1v) is 7.20. The predicted molar refractivity (Wildman–Crippen MR) is 75.5 cm³/mol. The Hall–Kier alpha value is -1.35. The Bertz CT molecular complexity index is 464. The summed E-state index contributed by atoms with van der Waals surface area (Å²) in [7, 11) is 0. The molecule has 0 aliphatic carbocycles. The van der Waals surface area contributed by atoms with Gasteiger partial charge >= 0.3 is 0 Å². The van der Waals surface area contributed by atoms with Crippen LogP contribution in [0, 0.1) is 11.3 Å². The van der Waals surface area contributed by atoms with E-state index >= 15 is 0 Å². The lowest BCUT2D eigenvalue weighted by Crippen LogP contribution is -2.46. The first-order chi connectivity index (χ1) is 9.13. The van der Waals surface area contributed by atoms with Gasteiger partial charge in [-0.15, -0.1) is 0 Å². The summed E-state index contributed by atoms with van der Waals surface area (Å²) in [6, 6.07) is 8.39. The van der Waals surface area contributed by atoms with Gasteiger partial charge in [-0.05, 0) is 30.0 Å². The second-order valence-electron chi connectivity index (χ2n) is 6.17. The van der Waals surface area contributed by atoms with Gasteiger partial charge in [0.25, 0.3) is 0 Å². The van der Waals surface area contributed by atoms with Gasteiger partial charge < -0.3 is 10.2 Å². The molecule has 0 bridgehead atoms. The van der Waals surface area contributed by atoms with Crippen molar-refractivity contribution < 1.29 is 4.79 Å². The summed E-state index contributed by atoms with van der Waals surface area (Å²) in [5, 5.41) is 3.37. The molecule has 102 valence electrons. The third-order valence-corrected chi connectivity index (χ3v) is 4.85. The second kappa shape index (κ2) is 4.64. The molecular weight excluding hydrogens is 236 g/mol. The molecule has 1 fully saturated rings. The fourth-order valence-corrected chi connectivity index (χ4v) is 3.43. The molecule has 2 aliphatic rings. The fourth-order valence-electron chi connectivity index (χ4n) is 3.43. The number of hydrogen-bond donors (Lipinski definition) is 1. The van der Waals surface area contributed by atoms with Crippen molar-refractivity contribution in [1.82, 2.24) is 10.2 Å². The van der Waals surface area contributed by atoms with E-state index in [2.05, 4.69) is 43.4 Å². The van der Waals surface area contributed by atoms with E-state index in [0.29, 0.717) is 11.8 Å². The molecule has 3 rings (SSSR count). The van der Waals surface area contributed by atoms with E-state index in [-0.39, 0.29) is 5.41 Å². The maximum atomic E-state index is 13.0. The van der Waals surface area contributed by atoms with Gasteiger partial charge in [0.15, 0.2) is 0 Å². The minimum Gasteiger partial charge on any atom is -0.333 e. The Morgan fingerprint density at radius 1 is 1.26 bits per heavy atom. The molecule has 1 aromatic carbocycles. The number of carbonyl (C=O) groups is 1. The summed E-state index contributed by atoms with van der Waals surface area (Å²) >= 11 is 0. The van der Waals surface area contributed by atoms with E-state index in [1.807, 2.05) is 4.90 Å². The van der Waals surface area contributed by atoms with Crippen molar-refractivity contribution in [3.8, 4) is 0 Å². The van der Waals surface area contributed by atoms with E-state index in [4.69, 9.17) is 0 Å². The van der Waals surface area contributed by atoms with Gasteiger partial charge in [0.05, 0.1) is 5.41 Å². The smallest absolute Gasteiger partial charge is 0.230 e. The van der Waals surface area contributed by atoms with Crippen molar-refractivity contribution >= 4 is 5.91 Å². The van der Waals surface area contributed by atoms with Crippen LogP contribution in [0.3, 0.4) is 0 Å². The highest BCUT2D eigenvalue weighted by Crippen LogP contribution is 2.38. The van der Waals surface area contributed by atoms with Crippen LogP contribution >= 0.6 is 0 Å². The van der Waals surface area contributed by atoms with Crippen LogP contribution in [0.25, 0.3) is 0 Å². The van der Waals surface area contributed by atoms with Gasteiger partial charge in [0.1, 0.15) is 0 Å². The number of hydrogen-bond acceptors (Lipinski definition) is 2. The van der Waals surface area contributed by atoms with E-state index in [1.165, 1.54) is 11.1 Å². The molecule has 1 atom stereocenters. The molecule has 3 nitrogen and oxygen atoms in total. The van der Waals surface area contributed by atoms with Gasteiger partial charge in [0, 0.05) is 19.6 Å². The van der Waals surface area contributed by atoms with E-state index in [1.54, 1.807) is 0 Å². The quantitative estimate of drug-likeness (QED) is 0.881. The van der Waals surface area contributed by atoms with Crippen LogP contribution in [0.2, 0.25) is 0 Å². The molecule has 0 radical (unpaired) electrons. The maximum Gasteiger partial charge on any atom is 0.230 e. The number of rotatable bonds is 2. The molecule has 2 aliphatic heterocycles. The summed E-state index contributed by atoms with van der Waals surface area (Å²) in [6.07, 6.45) is 0.969. The molecule has 1 saturated heterocycles. The van der Waals surface area contributed by atoms with Crippen LogP contribution < -0.4 is 5.32 Å². The van der Waals surface area contributed by atoms with E-state index in [0.717, 1.165) is 32.6 Å². The van der Waals surface area contributed by atoms with Gasteiger partial charge in [-0.3, -0.25) is 4.79 Å². The van der Waals surface area contributed by atoms with Gasteiger partial charge in [-0.1, -0.05) is 38.1 Å². The summed E-state index contributed by atoms with van der Waals surface area (Å²) in [5.74, 6) is 0.724. The molecule has 1 N–H and O–H groups in total. The molecule has 0 aromatic heterocycles. The highest BCUT2D eigenvalue weighted by molar-refractivity contribution is 5.84. The van der Waals surface area contributed by atoms with E-state index in [9.17, 15) is 4.79 Å². The third-order valence-electron chi connectivity index (χ3n) is 4.85. The zero-order valence-corrected chi connectivity index (χ0v) is 11.8. The number of carbonyl (C=O) groups excluding carboxylic acids is 1. The van der Waals surface area contributed by atoms with Crippen molar-refractivity contribution in [2.24, 2.45) is 11.3 Å². The van der Waals surface area contributed by atoms with E-state index < -0.39 is 0 Å². The number of nitrogens with zero attached hydrogens (tertiary/aromatic N) is 1. The monoisotopic (exact) mass is 258 g/mol. The van der Waals surface area contributed by atoms with Crippen LogP contribution in [0.4, 0.5) is 0 Å². The average Bonchev–Trinajstić information content (AvgIpc) is 3.05. The zero-order valence-electron chi connectivity index (χ0n) is 11.8. The predicted octanol–water partition coefficient (Wildman–Crippen LogP) is 2.16. The van der Waals surface area contributed by atoms with Crippen molar-refractivity contribution in [3.63, 3.8) is 0 Å². The minimum atomic E-state index is -0.192. The molecule has 1 unspecified atom stereocenters. The van der Waals surface area contributed by atoms with Gasteiger partial charge in [-0.2, -0.15) is 0 Å². The lowest BCUT2D eigenvalue weighted by Gasteiger charge is -2.35. The number of amides is 1. The number of fused-ring (bicyclic) bond motifs is 1. The zero-order chi connectivity index (χ0) is 13.5. The largest absolute Gasteiger partial charge is 0.333 e. The Morgan fingerprint density at radius 3 is 2.37 bits per heavy atom. The van der Waals surface area contributed by atoms with Gasteiger partial charge in [-0.25, -0.2) is 0 Å². The first kappa shape index (κ1) is 12.7. The molecule has 0 saturated carbocycles. The van der Waals surface area contributed by atoms with Crippen LogP contribution in [0.1, 0.15) is 31.4 Å². The van der Waals surface area contributed by atoms with Crippen LogP contribution in [0.15, 0.2) is 24.3 Å². The lowest BCUT2D eigenvalue weighted by atomic mass is 9.75. The van der Waals surface area contributed by atoms with Crippen LogP contribution in [-0.2, 0) is 17.9 Å². The normalized spacial score (nSPS) is 25.9.